The van der Waals surface area contributed by atoms with Crippen molar-refractivity contribution < 1.29 is 18.7 Å². The molecule has 6 heteroatoms. The summed E-state index contributed by atoms with van der Waals surface area (Å²) >= 11 is 0. The molecule has 2 aromatic heterocycles. The van der Waals surface area contributed by atoms with Gasteiger partial charge in [0, 0.05) is 12.6 Å². The smallest absolute Gasteiger partial charge is 0.180 e. The fraction of sp³-hybridized carbons (Fsp3) is 0.200. The van der Waals surface area contributed by atoms with Gasteiger partial charge in [-0.25, -0.2) is 9.37 Å². The van der Waals surface area contributed by atoms with Crippen molar-refractivity contribution in [2.24, 2.45) is 0 Å². The Balaban J connectivity index is 1.49. The highest BCUT2D eigenvalue weighted by atomic mass is 19.1. The zero-order valence-corrected chi connectivity index (χ0v) is 17.0. The van der Waals surface area contributed by atoms with Crippen LogP contribution in [-0.4, -0.2) is 21.8 Å². The molecule has 5 rings (SSSR count). The summed E-state index contributed by atoms with van der Waals surface area (Å²) in [6.45, 7) is 2.23. The van der Waals surface area contributed by atoms with Crippen LogP contribution in [0.15, 0.2) is 66.9 Å². The summed E-state index contributed by atoms with van der Waals surface area (Å²) in [4.78, 5) is 16.0. The minimum Gasteiger partial charge on any atom is -0.479 e. The molecule has 0 radical (unpaired) electrons. The summed E-state index contributed by atoms with van der Waals surface area (Å²) in [6.07, 6.45) is 2.44. The van der Waals surface area contributed by atoms with E-state index in [2.05, 4.69) is 4.98 Å². The molecular weight excluding hydrogens is 395 g/mol. The van der Waals surface area contributed by atoms with Gasteiger partial charge < -0.3 is 9.47 Å². The van der Waals surface area contributed by atoms with Crippen LogP contribution >= 0.6 is 0 Å². The van der Waals surface area contributed by atoms with Crippen LogP contribution in [0.2, 0.25) is 0 Å². The van der Waals surface area contributed by atoms with E-state index < -0.39 is 6.10 Å². The van der Waals surface area contributed by atoms with Crippen LogP contribution in [0, 0.1) is 12.7 Å². The average molecular weight is 416 g/mol. The third kappa shape index (κ3) is 3.59. The number of rotatable bonds is 6. The van der Waals surface area contributed by atoms with E-state index in [-0.39, 0.29) is 11.9 Å². The molecule has 2 unspecified atom stereocenters. The SMILES string of the molecule is Cc1nc2c(OC3c4ccc(F)cc4CC3OCc3ccccc3)cccn2c1C=O. The molecule has 156 valence electrons. The Kier molecular flexibility index (Phi) is 5.00. The fourth-order valence-electron chi connectivity index (χ4n) is 4.16. The number of fused-ring (bicyclic) bond motifs is 2. The minimum absolute atomic E-state index is 0.275. The van der Waals surface area contributed by atoms with Gasteiger partial charge in [0.25, 0.3) is 0 Å². The van der Waals surface area contributed by atoms with Crippen molar-refractivity contribution in [3.05, 3.63) is 101 Å². The van der Waals surface area contributed by atoms with Crippen molar-refractivity contribution in [3.8, 4) is 5.75 Å². The number of hydrogen-bond acceptors (Lipinski definition) is 4. The molecule has 4 aromatic rings. The number of halogens is 1. The largest absolute Gasteiger partial charge is 0.479 e. The lowest BCUT2D eigenvalue weighted by molar-refractivity contribution is -0.0253. The number of aldehydes is 1. The minimum atomic E-state index is -0.415. The van der Waals surface area contributed by atoms with E-state index in [0.717, 1.165) is 23.0 Å². The number of ether oxygens (including phenoxy) is 2. The maximum Gasteiger partial charge on any atom is 0.180 e. The molecule has 0 bridgehead atoms. The Bertz CT molecular complexity index is 1250. The maximum atomic E-state index is 13.9. The Morgan fingerprint density at radius 2 is 2.00 bits per heavy atom. The van der Waals surface area contributed by atoms with E-state index in [4.69, 9.17) is 9.47 Å². The number of carbonyl (C=O) groups is 1. The standard InChI is InChI=1S/C25H21FN2O3/c1-16-21(14-29)28-11-5-8-22(25(28)27-16)31-24-20-10-9-19(26)12-18(20)13-23(24)30-15-17-6-3-2-4-7-17/h2-12,14,23-24H,13,15H2,1H3. The predicted molar refractivity (Wildman–Crippen MR) is 114 cm³/mol. The topological polar surface area (TPSA) is 52.8 Å². The lowest BCUT2D eigenvalue weighted by Gasteiger charge is -2.23. The maximum absolute atomic E-state index is 13.9. The normalized spacial score (nSPS) is 17.6. The molecule has 0 spiro atoms. The lowest BCUT2D eigenvalue weighted by Crippen LogP contribution is -2.23. The summed E-state index contributed by atoms with van der Waals surface area (Å²) in [5, 5.41) is 0. The number of aromatic nitrogens is 2. The van der Waals surface area contributed by atoms with Gasteiger partial charge in [0.05, 0.1) is 12.3 Å². The summed E-state index contributed by atoms with van der Waals surface area (Å²) in [5.41, 5.74) is 4.54. The molecule has 31 heavy (non-hydrogen) atoms. The Morgan fingerprint density at radius 1 is 1.16 bits per heavy atom. The van der Waals surface area contributed by atoms with Crippen LogP contribution in [0.25, 0.3) is 5.65 Å². The predicted octanol–water partition coefficient (Wildman–Crippen LogP) is 4.86. The molecular formula is C25H21FN2O3. The van der Waals surface area contributed by atoms with Gasteiger partial charge in [0.1, 0.15) is 17.6 Å². The molecule has 2 heterocycles. The highest BCUT2D eigenvalue weighted by molar-refractivity contribution is 5.77. The molecule has 2 aromatic carbocycles. The van der Waals surface area contributed by atoms with E-state index >= 15 is 0 Å². The van der Waals surface area contributed by atoms with Gasteiger partial charge in [-0.05, 0) is 47.9 Å². The van der Waals surface area contributed by atoms with Crippen molar-refractivity contribution >= 4 is 11.9 Å². The first-order valence-corrected chi connectivity index (χ1v) is 10.2. The van der Waals surface area contributed by atoms with Crippen LogP contribution in [0.1, 0.15) is 39.0 Å². The highest BCUT2D eigenvalue weighted by Gasteiger charge is 2.36. The zero-order valence-electron chi connectivity index (χ0n) is 17.0. The summed E-state index contributed by atoms with van der Waals surface area (Å²) in [6, 6.07) is 18.3. The van der Waals surface area contributed by atoms with Crippen molar-refractivity contribution in [2.75, 3.05) is 0 Å². The third-order valence-electron chi connectivity index (χ3n) is 5.68. The second kappa shape index (κ2) is 7.96. The van der Waals surface area contributed by atoms with Gasteiger partial charge >= 0.3 is 0 Å². The van der Waals surface area contributed by atoms with Crippen molar-refractivity contribution in [1.29, 1.82) is 0 Å². The first kappa shape index (κ1) is 19.5. The first-order chi connectivity index (χ1) is 15.1. The average Bonchev–Trinajstić information content (AvgIpc) is 3.29. The Morgan fingerprint density at radius 3 is 2.81 bits per heavy atom. The molecule has 0 aliphatic heterocycles. The van der Waals surface area contributed by atoms with Crippen molar-refractivity contribution in [3.63, 3.8) is 0 Å². The van der Waals surface area contributed by atoms with E-state index in [0.29, 0.717) is 35.8 Å². The number of imidazole rings is 1. The lowest BCUT2D eigenvalue weighted by atomic mass is 10.1. The molecule has 0 N–H and O–H groups in total. The van der Waals surface area contributed by atoms with E-state index in [1.165, 1.54) is 6.07 Å². The molecule has 5 nitrogen and oxygen atoms in total. The molecule has 2 atom stereocenters. The van der Waals surface area contributed by atoms with Crippen LogP contribution in [0.5, 0.6) is 5.75 Å². The van der Waals surface area contributed by atoms with Crippen molar-refractivity contribution in [1.82, 2.24) is 9.38 Å². The quantitative estimate of drug-likeness (QED) is 0.422. The number of hydrogen-bond donors (Lipinski definition) is 0. The zero-order chi connectivity index (χ0) is 21.4. The molecule has 0 fully saturated rings. The second-order valence-corrected chi connectivity index (χ2v) is 7.69. The van der Waals surface area contributed by atoms with E-state index in [1.807, 2.05) is 42.5 Å². The summed E-state index contributed by atoms with van der Waals surface area (Å²) in [7, 11) is 0. The van der Waals surface area contributed by atoms with Crippen LogP contribution < -0.4 is 4.74 Å². The summed E-state index contributed by atoms with van der Waals surface area (Å²) < 4.78 is 28.2. The number of carbonyl (C=O) groups excluding carboxylic acids is 1. The van der Waals surface area contributed by atoms with Gasteiger partial charge in [0.2, 0.25) is 0 Å². The molecule has 1 aliphatic rings. The monoisotopic (exact) mass is 416 g/mol. The van der Waals surface area contributed by atoms with Crippen molar-refractivity contribution in [2.45, 2.75) is 32.2 Å². The first-order valence-electron chi connectivity index (χ1n) is 10.2. The highest BCUT2D eigenvalue weighted by Crippen LogP contribution is 2.39. The number of benzene rings is 2. The van der Waals surface area contributed by atoms with Gasteiger partial charge in [-0.3, -0.25) is 9.20 Å². The second-order valence-electron chi connectivity index (χ2n) is 7.69. The van der Waals surface area contributed by atoms with Crippen LogP contribution in [0.4, 0.5) is 4.39 Å². The van der Waals surface area contributed by atoms with E-state index in [1.54, 1.807) is 29.7 Å². The number of nitrogens with zero attached hydrogens (tertiary/aromatic N) is 2. The molecule has 0 saturated carbocycles. The van der Waals surface area contributed by atoms with Gasteiger partial charge in [-0.1, -0.05) is 36.4 Å². The van der Waals surface area contributed by atoms with Gasteiger partial charge in [-0.2, -0.15) is 0 Å². The van der Waals surface area contributed by atoms with E-state index in [9.17, 15) is 9.18 Å². The fourth-order valence-corrected chi connectivity index (χ4v) is 4.16. The molecule has 0 amide bonds. The number of pyridine rings is 1. The van der Waals surface area contributed by atoms with Gasteiger partial charge in [0.15, 0.2) is 23.8 Å². The van der Waals surface area contributed by atoms with Crippen LogP contribution in [0.3, 0.4) is 0 Å². The third-order valence-corrected chi connectivity index (χ3v) is 5.68. The van der Waals surface area contributed by atoms with Gasteiger partial charge in [-0.15, -0.1) is 0 Å². The number of aryl methyl sites for hydroxylation is 1. The molecule has 1 aliphatic carbocycles. The summed E-state index contributed by atoms with van der Waals surface area (Å²) in [5.74, 6) is 0.275. The Labute approximate surface area is 179 Å². The Hall–Kier alpha value is -3.51. The molecule has 0 saturated heterocycles. The van der Waals surface area contributed by atoms with Crippen LogP contribution in [-0.2, 0) is 17.8 Å².